The van der Waals surface area contributed by atoms with Gasteiger partial charge in [0.2, 0.25) is 5.91 Å². The molecule has 1 heterocycles. The molecule has 1 saturated heterocycles. The van der Waals surface area contributed by atoms with Gasteiger partial charge in [0.05, 0.1) is 15.9 Å². The van der Waals surface area contributed by atoms with Crippen LogP contribution in [0.5, 0.6) is 0 Å². The van der Waals surface area contributed by atoms with Gasteiger partial charge in [-0.1, -0.05) is 13.8 Å². The van der Waals surface area contributed by atoms with Crippen molar-refractivity contribution in [2.75, 3.05) is 25.4 Å². The predicted molar refractivity (Wildman–Crippen MR) is 83.8 cm³/mol. The summed E-state index contributed by atoms with van der Waals surface area (Å²) in [6.45, 7) is 8.14. The van der Waals surface area contributed by atoms with E-state index in [-0.39, 0.29) is 37.2 Å². The molecule has 1 fully saturated rings. The van der Waals surface area contributed by atoms with Crippen LogP contribution in [0.2, 0.25) is 0 Å². The van der Waals surface area contributed by atoms with Crippen molar-refractivity contribution in [3.8, 4) is 0 Å². The summed E-state index contributed by atoms with van der Waals surface area (Å²) in [6.07, 6.45) is 1.37. The highest BCUT2D eigenvalue weighted by molar-refractivity contribution is 7.92. The van der Waals surface area contributed by atoms with Crippen LogP contribution >= 0.6 is 12.4 Å². The first-order valence-corrected chi connectivity index (χ1v) is 8.53. The minimum Gasteiger partial charge on any atom is -0.340 e. The summed E-state index contributed by atoms with van der Waals surface area (Å²) in [5.41, 5.74) is 5.25. The van der Waals surface area contributed by atoms with Crippen LogP contribution in [0.1, 0.15) is 40.5 Å². The normalized spacial score (nSPS) is 21.1. The van der Waals surface area contributed by atoms with Gasteiger partial charge in [0.25, 0.3) is 0 Å². The highest BCUT2D eigenvalue weighted by Gasteiger charge is 2.45. The second kappa shape index (κ2) is 6.62. The Bertz CT molecular complexity index is 436. The van der Waals surface area contributed by atoms with Crippen molar-refractivity contribution in [3.63, 3.8) is 0 Å². The Kier molecular flexibility index (Phi) is 6.51. The molecule has 0 radical (unpaired) electrons. The van der Waals surface area contributed by atoms with Crippen molar-refractivity contribution in [3.05, 3.63) is 0 Å². The van der Waals surface area contributed by atoms with E-state index in [1.807, 2.05) is 13.8 Å². The number of carbonyl (C=O) groups is 1. The summed E-state index contributed by atoms with van der Waals surface area (Å²) in [7, 11) is -3.12. The minimum absolute atomic E-state index is 0. The third-order valence-corrected chi connectivity index (χ3v) is 7.06. The van der Waals surface area contributed by atoms with Gasteiger partial charge >= 0.3 is 0 Å². The molecule has 1 aliphatic rings. The molecule has 1 amide bonds. The van der Waals surface area contributed by atoms with Gasteiger partial charge in [0.15, 0.2) is 9.84 Å². The fraction of sp³-hybridized carbons (Fsp3) is 0.923. The molecule has 1 aliphatic heterocycles. The van der Waals surface area contributed by atoms with E-state index in [0.717, 1.165) is 0 Å². The van der Waals surface area contributed by atoms with Gasteiger partial charge in [0, 0.05) is 19.6 Å². The van der Waals surface area contributed by atoms with E-state index >= 15 is 0 Å². The first-order chi connectivity index (χ1) is 8.65. The van der Waals surface area contributed by atoms with Crippen molar-refractivity contribution in [1.29, 1.82) is 0 Å². The number of halogens is 1. The number of nitrogens with zero attached hydrogens (tertiary/aromatic N) is 1. The number of hydrogen-bond acceptors (Lipinski definition) is 4. The molecular weight excluding hydrogens is 300 g/mol. The quantitative estimate of drug-likeness (QED) is 0.842. The van der Waals surface area contributed by atoms with Gasteiger partial charge in [-0.25, -0.2) is 8.42 Å². The summed E-state index contributed by atoms with van der Waals surface area (Å²) >= 11 is 0. The number of amides is 1. The molecule has 0 unspecified atom stereocenters. The highest BCUT2D eigenvalue weighted by Crippen LogP contribution is 2.31. The maximum atomic E-state index is 12.7. The van der Waals surface area contributed by atoms with Crippen molar-refractivity contribution in [2.45, 2.75) is 45.3 Å². The lowest BCUT2D eigenvalue weighted by atomic mass is 9.80. The van der Waals surface area contributed by atoms with E-state index in [2.05, 4.69) is 0 Å². The molecule has 0 spiro atoms. The van der Waals surface area contributed by atoms with Crippen LogP contribution in [0.25, 0.3) is 0 Å². The molecule has 20 heavy (non-hydrogen) atoms. The first-order valence-electron chi connectivity index (χ1n) is 6.87. The fourth-order valence-electron chi connectivity index (χ4n) is 2.58. The average molecular weight is 327 g/mol. The van der Waals surface area contributed by atoms with E-state index in [1.165, 1.54) is 0 Å². The molecule has 0 aromatic heterocycles. The van der Waals surface area contributed by atoms with E-state index in [9.17, 15) is 13.2 Å². The van der Waals surface area contributed by atoms with Gasteiger partial charge < -0.3 is 10.6 Å². The van der Waals surface area contributed by atoms with Crippen molar-refractivity contribution < 1.29 is 13.2 Å². The van der Waals surface area contributed by atoms with Crippen molar-refractivity contribution in [2.24, 2.45) is 11.1 Å². The fourth-order valence-corrected chi connectivity index (χ4v) is 3.95. The van der Waals surface area contributed by atoms with Crippen LogP contribution in [0.4, 0.5) is 0 Å². The maximum absolute atomic E-state index is 12.7. The SMILES string of the molecule is CCC(CC)(CN)C(=O)N1CCS(=O)(=O)C(C)(C)C1.Cl. The Morgan fingerprint density at radius 3 is 2.15 bits per heavy atom. The van der Waals surface area contributed by atoms with Crippen LogP contribution in [0.3, 0.4) is 0 Å². The van der Waals surface area contributed by atoms with E-state index in [1.54, 1.807) is 18.7 Å². The third kappa shape index (κ3) is 3.28. The molecule has 0 aliphatic carbocycles. The molecule has 0 aromatic rings. The lowest BCUT2D eigenvalue weighted by Gasteiger charge is -2.42. The topological polar surface area (TPSA) is 80.5 Å². The lowest BCUT2D eigenvalue weighted by molar-refractivity contribution is -0.142. The Morgan fingerprint density at radius 2 is 1.80 bits per heavy atom. The van der Waals surface area contributed by atoms with Crippen LogP contribution in [0, 0.1) is 5.41 Å². The largest absolute Gasteiger partial charge is 0.340 e. The summed E-state index contributed by atoms with van der Waals surface area (Å²) in [6, 6.07) is 0. The summed E-state index contributed by atoms with van der Waals surface area (Å²) < 4.78 is 23.1. The number of sulfone groups is 1. The number of carbonyl (C=O) groups excluding carboxylic acids is 1. The Balaban J connectivity index is 0.00000361. The van der Waals surface area contributed by atoms with Crippen LogP contribution in [-0.2, 0) is 14.6 Å². The van der Waals surface area contributed by atoms with Crippen LogP contribution in [-0.4, -0.2) is 49.4 Å². The molecule has 0 saturated carbocycles. The van der Waals surface area contributed by atoms with E-state index in [4.69, 9.17) is 5.73 Å². The van der Waals surface area contributed by atoms with E-state index in [0.29, 0.717) is 19.4 Å². The molecule has 2 N–H and O–H groups in total. The van der Waals surface area contributed by atoms with Gasteiger partial charge in [-0.2, -0.15) is 0 Å². The predicted octanol–water partition coefficient (Wildman–Crippen LogP) is 1.21. The minimum atomic E-state index is -3.12. The summed E-state index contributed by atoms with van der Waals surface area (Å²) in [5, 5.41) is 0. The summed E-state index contributed by atoms with van der Waals surface area (Å²) in [5.74, 6) is 0.0442. The highest BCUT2D eigenvalue weighted by atomic mass is 35.5. The standard InChI is InChI=1S/C13H26N2O3S.ClH/c1-5-13(6-2,9-14)11(16)15-7-8-19(17,18)12(3,4)10-15;/h5-10,14H2,1-4H3;1H. The Labute approximate surface area is 128 Å². The number of rotatable bonds is 4. The van der Waals surface area contributed by atoms with Crippen LogP contribution < -0.4 is 5.73 Å². The average Bonchev–Trinajstić information content (AvgIpc) is 2.35. The van der Waals surface area contributed by atoms with Crippen LogP contribution in [0.15, 0.2) is 0 Å². The zero-order chi connectivity index (χ0) is 14.9. The van der Waals surface area contributed by atoms with Crippen molar-refractivity contribution >= 4 is 28.2 Å². The van der Waals surface area contributed by atoms with Gasteiger partial charge in [-0.3, -0.25) is 4.79 Å². The molecule has 0 atom stereocenters. The zero-order valence-electron chi connectivity index (χ0n) is 12.8. The first kappa shape index (κ1) is 19.7. The molecule has 120 valence electrons. The molecule has 7 heteroatoms. The third-order valence-electron chi connectivity index (χ3n) is 4.53. The molecule has 0 bridgehead atoms. The van der Waals surface area contributed by atoms with Crippen molar-refractivity contribution in [1.82, 2.24) is 4.90 Å². The van der Waals surface area contributed by atoms with Gasteiger partial charge in [0.1, 0.15) is 0 Å². The number of nitrogens with two attached hydrogens (primary N) is 1. The molecule has 5 nitrogen and oxygen atoms in total. The smallest absolute Gasteiger partial charge is 0.230 e. The van der Waals surface area contributed by atoms with Gasteiger partial charge in [-0.05, 0) is 26.7 Å². The zero-order valence-corrected chi connectivity index (χ0v) is 14.4. The lowest BCUT2D eigenvalue weighted by Crippen LogP contribution is -2.58. The Morgan fingerprint density at radius 1 is 1.30 bits per heavy atom. The van der Waals surface area contributed by atoms with Gasteiger partial charge in [-0.15, -0.1) is 12.4 Å². The second-order valence-electron chi connectivity index (χ2n) is 6.00. The monoisotopic (exact) mass is 326 g/mol. The molecular formula is C13H27ClN2O3S. The number of hydrogen-bond donors (Lipinski definition) is 1. The summed E-state index contributed by atoms with van der Waals surface area (Å²) in [4.78, 5) is 14.3. The molecule has 1 rings (SSSR count). The Hall–Kier alpha value is -0.330. The maximum Gasteiger partial charge on any atom is 0.230 e. The molecule has 0 aromatic carbocycles. The van der Waals surface area contributed by atoms with E-state index < -0.39 is 20.0 Å². The second-order valence-corrected chi connectivity index (χ2v) is 8.74.